The Morgan fingerprint density at radius 1 is 0.588 bits per heavy atom. The maximum absolute atomic E-state index is 4.57. The Labute approximate surface area is 216 Å². The number of rotatable bonds is 24. The minimum atomic E-state index is -1.59. The van der Waals surface area contributed by atoms with E-state index in [1.807, 2.05) is 0 Å². The molecule has 0 heterocycles. The molecule has 0 aromatic heterocycles. The molecule has 1 unspecified atom stereocenters. The van der Waals surface area contributed by atoms with E-state index in [0.29, 0.717) is 0 Å². The third-order valence-corrected chi connectivity index (χ3v) is 13.5. The molecular weight excluding hydrogens is 427 g/mol. The van der Waals surface area contributed by atoms with E-state index in [2.05, 4.69) is 63.5 Å². The zero-order chi connectivity index (χ0) is 24.7. The molecule has 0 N–H and O–H groups in total. The van der Waals surface area contributed by atoms with Gasteiger partial charge in [0.2, 0.25) is 0 Å². The van der Waals surface area contributed by atoms with Gasteiger partial charge in [0, 0.05) is 0 Å². The van der Waals surface area contributed by atoms with Crippen LogP contribution in [0, 0.1) is 0 Å². The molecule has 0 saturated heterocycles. The van der Waals surface area contributed by atoms with E-state index in [1.165, 1.54) is 134 Å². The zero-order valence-electron chi connectivity index (χ0n) is 23.6. The molecule has 0 saturated carbocycles. The summed E-state index contributed by atoms with van der Waals surface area (Å²) >= 11 is 0. The molecule has 0 amide bonds. The first-order chi connectivity index (χ1) is 16.7. The summed E-state index contributed by atoms with van der Waals surface area (Å²) < 4.78 is 0. The van der Waals surface area contributed by atoms with Crippen LogP contribution in [0.2, 0.25) is 0 Å². The first-order valence-electron chi connectivity index (χ1n) is 15.4. The van der Waals surface area contributed by atoms with Gasteiger partial charge in [-0.2, -0.15) is 0 Å². The second-order valence-electron chi connectivity index (χ2n) is 11.0. The zero-order valence-corrected chi connectivity index (χ0v) is 24.6. The molecular formula is C33H61P. The van der Waals surface area contributed by atoms with Crippen molar-refractivity contribution in [2.45, 2.75) is 148 Å². The molecule has 0 fully saturated rings. The Bertz CT molecular complexity index is 547. The van der Waals surface area contributed by atoms with Crippen molar-refractivity contribution in [3.8, 4) is 0 Å². The Balaban J connectivity index is 2.89. The van der Waals surface area contributed by atoms with E-state index < -0.39 is 7.26 Å². The van der Waals surface area contributed by atoms with Crippen LogP contribution in [-0.2, 0) is 0 Å². The average molecular weight is 489 g/mol. The Hall–Kier alpha value is -0.610. The molecule has 34 heavy (non-hydrogen) atoms. The average Bonchev–Trinajstić information content (AvgIpc) is 2.87. The fourth-order valence-electron chi connectivity index (χ4n) is 5.89. The third-order valence-electron chi connectivity index (χ3n) is 8.14. The quantitative estimate of drug-likeness (QED) is 0.100. The maximum atomic E-state index is 4.57. The van der Waals surface area contributed by atoms with Crippen LogP contribution in [0.1, 0.15) is 154 Å². The van der Waals surface area contributed by atoms with E-state index in [1.54, 1.807) is 5.56 Å². The fourth-order valence-corrected chi connectivity index (χ4v) is 11.0. The SMILES string of the molecule is C=C[PH](CCCCCCCC)(CCCCCCCC)C(CCCCCCCC)c1ccccc1. The normalized spacial score (nSPS) is 13.1. The summed E-state index contributed by atoms with van der Waals surface area (Å²) in [6.45, 7) is 11.5. The van der Waals surface area contributed by atoms with Gasteiger partial charge in [-0.3, -0.25) is 0 Å². The van der Waals surface area contributed by atoms with Gasteiger partial charge in [0.25, 0.3) is 0 Å². The number of hydrogen-bond acceptors (Lipinski definition) is 0. The van der Waals surface area contributed by atoms with Gasteiger partial charge in [0.1, 0.15) is 0 Å². The van der Waals surface area contributed by atoms with E-state index in [4.69, 9.17) is 0 Å². The van der Waals surface area contributed by atoms with Crippen LogP contribution in [-0.4, -0.2) is 12.3 Å². The summed E-state index contributed by atoms with van der Waals surface area (Å²) in [4.78, 5) is 0. The van der Waals surface area contributed by atoms with Gasteiger partial charge in [0.15, 0.2) is 0 Å². The van der Waals surface area contributed by atoms with Crippen molar-refractivity contribution in [2.75, 3.05) is 12.3 Å². The fraction of sp³-hybridized carbons (Fsp3) is 0.758. The molecule has 1 heteroatoms. The van der Waals surface area contributed by atoms with Crippen molar-refractivity contribution in [2.24, 2.45) is 0 Å². The molecule has 1 rings (SSSR count). The molecule has 0 aliphatic heterocycles. The minimum absolute atomic E-state index is 0.767. The topological polar surface area (TPSA) is 0 Å². The summed E-state index contributed by atoms with van der Waals surface area (Å²) in [5.74, 6) is 2.56. The first kappa shape index (κ1) is 31.4. The van der Waals surface area contributed by atoms with Crippen molar-refractivity contribution < 1.29 is 0 Å². The molecule has 1 aromatic carbocycles. The van der Waals surface area contributed by atoms with Gasteiger partial charge in [-0.25, -0.2) is 0 Å². The van der Waals surface area contributed by atoms with Crippen LogP contribution >= 0.6 is 7.26 Å². The summed E-state index contributed by atoms with van der Waals surface area (Å²) in [5.41, 5.74) is 2.39. The van der Waals surface area contributed by atoms with Crippen molar-refractivity contribution in [3.05, 3.63) is 48.3 Å². The molecule has 0 bridgehead atoms. The second-order valence-corrected chi connectivity index (χ2v) is 15.6. The molecule has 0 spiro atoms. The predicted molar refractivity (Wildman–Crippen MR) is 162 cm³/mol. The molecule has 0 aliphatic rings. The number of unbranched alkanes of at least 4 members (excludes halogenated alkanes) is 15. The first-order valence-corrected chi connectivity index (χ1v) is 18.0. The van der Waals surface area contributed by atoms with E-state index in [-0.39, 0.29) is 0 Å². The van der Waals surface area contributed by atoms with Gasteiger partial charge in [-0.15, -0.1) is 0 Å². The summed E-state index contributed by atoms with van der Waals surface area (Å²) in [6.07, 6.45) is 29.7. The van der Waals surface area contributed by atoms with Crippen LogP contribution in [0.15, 0.2) is 42.7 Å². The monoisotopic (exact) mass is 488 g/mol. The van der Waals surface area contributed by atoms with Crippen LogP contribution in [0.4, 0.5) is 0 Å². The molecule has 0 aliphatic carbocycles. The molecule has 1 aromatic rings. The van der Waals surface area contributed by atoms with Gasteiger partial charge in [0.05, 0.1) is 0 Å². The molecule has 198 valence electrons. The van der Waals surface area contributed by atoms with E-state index >= 15 is 0 Å². The van der Waals surface area contributed by atoms with Crippen LogP contribution in [0.5, 0.6) is 0 Å². The van der Waals surface area contributed by atoms with Gasteiger partial charge in [-0.05, 0) is 0 Å². The number of benzene rings is 1. The standard InChI is InChI=1S/C33H61P/c1-5-9-12-15-18-24-29-33(32-27-22-21-23-28-32)34(8-4,30-25-19-16-13-10-6-2)31-26-20-17-14-11-7-3/h8,21-23,27-28,33-34H,4-7,9-20,24-26,29-31H2,1-3H3. The molecule has 1 atom stereocenters. The van der Waals surface area contributed by atoms with Crippen LogP contribution in [0.25, 0.3) is 0 Å². The Kier molecular flexibility index (Phi) is 20.0. The van der Waals surface area contributed by atoms with Gasteiger partial charge >= 0.3 is 216 Å². The summed E-state index contributed by atoms with van der Waals surface area (Å²) in [6, 6.07) is 11.6. The van der Waals surface area contributed by atoms with Crippen molar-refractivity contribution in [1.82, 2.24) is 0 Å². The predicted octanol–water partition coefficient (Wildman–Crippen LogP) is 12.1. The van der Waals surface area contributed by atoms with Crippen molar-refractivity contribution >= 4 is 7.26 Å². The Morgan fingerprint density at radius 3 is 1.44 bits per heavy atom. The molecule has 0 nitrogen and oxygen atoms in total. The van der Waals surface area contributed by atoms with Crippen molar-refractivity contribution in [1.29, 1.82) is 0 Å². The number of hydrogen-bond donors (Lipinski definition) is 0. The van der Waals surface area contributed by atoms with Gasteiger partial charge < -0.3 is 0 Å². The molecule has 0 radical (unpaired) electrons. The van der Waals surface area contributed by atoms with E-state index in [9.17, 15) is 0 Å². The van der Waals surface area contributed by atoms with Gasteiger partial charge in [-0.1, -0.05) is 0 Å². The van der Waals surface area contributed by atoms with Crippen LogP contribution in [0.3, 0.4) is 0 Å². The van der Waals surface area contributed by atoms with Crippen LogP contribution < -0.4 is 0 Å². The third kappa shape index (κ3) is 13.5. The van der Waals surface area contributed by atoms with E-state index in [0.717, 1.165) is 5.66 Å². The second kappa shape index (κ2) is 21.7. The summed E-state index contributed by atoms with van der Waals surface area (Å²) in [5, 5.41) is 0. The Morgan fingerprint density at radius 2 is 1.00 bits per heavy atom. The van der Waals surface area contributed by atoms with Crippen molar-refractivity contribution in [3.63, 3.8) is 0 Å². The summed E-state index contributed by atoms with van der Waals surface area (Å²) in [7, 11) is -1.59.